The molecular weight excluding hydrogens is 368 g/mol. The van der Waals surface area contributed by atoms with E-state index in [1.54, 1.807) is 7.11 Å². The van der Waals surface area contributed by atoms with Gasteiger partial charge in [-0.2, -0.15) is 0 Å². The lowest BCUT2D eigenvalue weighted by Gasteiger charge is -2.16. The van der Waals surface area contributed by atoms with Crippen LogP contribution in [0.25, 0.3) is 10.9 Å². The molecule has 0 saturated carbocycles. The number of carbonyl (C=O) groups is 1. The van der Waals surface area contributed by atoms with E-state index in [1.807, 2.05) is 55.5 Å². The summed E-state index contributed by atoms with van der Waals surface area (Å²) in [7, 11) is 1.65. The second kappa shape index (κ2) is 9.11. The standard InChI is InChI=1S/C23H26N2O2S/c1-5-16-10-12-17(13-11-16)24-23(26)20(6-2)28-21-14-15(3)18-8-7-9-19(27-4)22(18)25-21/h7-14,20H,5-6H2,1-4H3,(H,24,26). The fraction of sp³-hybridized carbons (Fsp3) is 0.304. The van der Waals surface area contributed by atoms with Gasteiger partial charge in [-0.1, -0.05) is 49.9 Å². The molecule has 4 nitrogen and oxygen atoms in total. The average Bonchev–Trinajstić information content (AvgIpc) is 2.72. The van der Waals surface area contributed by atoms with E-state index in [1.165, 1.54) is 17.3 Å². The first kappa shape index (κ1) is 20.2. The van der Waals surface area contributed by atoms with Crippen molar-refractivity contribution in [2.75, 3.05) is 12.4 Å². The van der Waals surface area contributed by atoms with E-state index in [2.05, 4.69) is 19.2 Å². The zero-order chi connectivity index (χ0) is 20.1. The van der Waals surface area contributed by atoms with Crippen molar-refractivity contribution in [1.29, 1.82) is 0 Å². The lowest BCUT2D eigenvalue weighted by molar-refractivity contribution is -0.115. The number of benzene rings is 2. The Morgan fingerprint density at radius 2 is 1.93 bits per heavy atom. The lowest BCUT2D eigenvalue weighted by Crippen LogP contribution is -2.24. The molecule has 0 aliphatic rings. The summed E-state index contributed by atoms with van der Waals surface area (Å²) in [4.78, 5) is 17.6. The molecule has 0 fully saturated rings. The molecule has 3 rings (SSSR count). The van der Waals surface area contributed by atoms with E-state index in [9.17, 15) is 4.79 Å². The Balaban J connectivity index is 1.80. The lowest BCUT2D eigenvalue weighted by atomic mass is 10.1. The Hall–Kier alpha value is -2.53. The SMILES string of the molecule is CCc1ccc(NC(=O)C(CC)Sc2cc(C)c3cccc(OC)c3n2)cc1. The molecule has 0 radical (unpaired) electrons. The van der Waals surface area contributed by atoms with Gasteiger partial charge in [0.15, 0.2) is 0 Å². The van der Waals surface area contributed by atoms with E-state index < -0.39 is 0 Å². The third-order valence-corrected chi connectivity index (χ3v) is 6.04. The van der Waals surface area contributed by atoms with Crippen LogP contribution in [0.5, 0.6) is 5.75 Å². The van der Waals surface area contributed by atoms with Gasteiger partial charge in [0.05, 0.1) is 17.4 Å². The van der Waals surface area contributed by atoms with Crippen LogP contribution in [-0.4, -0.2) is 23.3 Å². The Kier molecular flexibility index (Phi) is 6.57. The summed E-state index contributed by atoms with van der Waals surface area (Å²) in [6.45, 7) is 6.20. The summed E-state index contributed by atoms with van der Waals surface area (Å²) >= 11 is 1.49. The Labute approximate surface area is 170 Å². The summed E-state index contributed by atoms with van der Waals surface area (Å²) < 4.78 is 5.46. The van der Waals surface area contributed by atoms with Crippen molar-refractivity contribution in [3.8, 4) is 5.75 Å². The molecule has 1 atom stereocenters. The largest absolute Gasteiger partial charge is 0.494 e. The number of fused-ring (bicyclic) bond motifs is 1. The Morgan fingerprint density at radius 3 is 2.57 bits per heavy atom. The molecule has 2 aromatic carbocycles. The van der Waals surface area contributed by atoms with Crippen molar-refractivity contribution >= 4 is 34.3 Å². The number of nitrogens with zero attached hydrogens (tertiary/aromatic N) is 1. The normalized spacial score (nSPS) is 12.0. The number of methoxy groups -OCH3 is 1. The van der Waals surface area contributed by atoms with Crippen LogP contribution in [0.3, 0.4) is 0 Å². The number of hydrogen-bond donors (Lipinski definition) is 1. The van der Waals surface area contributed by atoms with Gasteiger partial charge in [0, 0.05) is 11.1 Å². The minimum absolute atomic E-state index is 0.00340. The van der Waals surface area contributed by atoms with Crippen LogP contribution in [0.1, 0.15) is 31.4 Å². The third kappa shape index (κ3) is 4.47. The first-order valence-electron chi connectivity index (χ1n) is 9.56. The van der Waals surface area contributed by atoms with Crippen LogP contribution in [-0.2, 0) is 11.2 Å². The molecule has 28 heavy (non-hydrogen) atoms. The Bertz CT molecular complexity index is 970. The van der Waals surface area contributed by atoms with Crippen molar-refractivity contribution in [3.05, 3.63) is 59.7 Å². The van der Waals surface area contributed by atoms with E-state index in [-0.39, 0.29) is 11.2 Å². The van der Waals surface area contributed by atoms with Crippen LogP contribution < -0.4 is 10.1 Å². The van der Waals surface area contributed by atoms with Crippen LogP contribution in [0.15, 0.2) is 53.6 Å². The number of amides is 1. The van der Waals surface area contributed by atoms with E-state index in [4.69, 9.17) is 9.72 Å². The fourth-order valence-electron chi connectivity index (χ4n) is 3.10. The van der Waals surface area contributed by atoms with Crippen molar-refractivity contribution < 1.29 is 9.53 Å². The fourth-order valence-corrected chi connectivity index (χ4v) is 4.11. The minimum Gasteiger partial charge on any atom is -0.494 e. The molecule has 0 saturated heterocycles. The number of nitrogens with one attached hydrogen (secondary N) is 1. The molecule has 1 N–H and O–H groups in total. The Morgan fingerprint density at radius 1 is 1.18 bits per heavy atom. The molecule has 0 bridgehead atoms. The number of para-hydroxylation sites is 1. The number of thioether (sulfide) groups is 1. The first-order valence-corrected chi connectivity index (χ1v) is 10.4. The maximum Gasteiger partial charge on any atom is 0.237 e. The van der Waals surface area contributed by atoms with Crippen molar-refractivity contribution in [3.63, 3.8) is 0 Å². The molecular formula is C23H26N2O2S. The summed E-state index contributed by atoms with van der Waals surface area (Å²) in [6.07, 6.45) is 1.70. The predicted octanol–water partition coefficient (Wildman–Crippen LogP) is 5.62. The van der Waals surface area contributed by atoms with Crippen LogP contribution in [0.4, 0.5) is 5.69 Å². The van der Waals surface area contributed by atoms with Crippen molar-refractivity contribution in [2.24, 2.45) is 0 Å². The average molecular weight is 395 g/mol. The molecule has 3 aromatic rings. The molecule has 1 unspecified atom stereocenters. The van der Waals surface area contributed by atoms with Gasteiger partial charge in [-0.25, -0.2) is 4.98 Å². The molecule has 1 aromatic heterocycles. The maximum atomic E-state index is 12.8. The van der Waals surface area contributed by atoms with Crippen molar-refractivity contribution in [1.82, 2.24) is 4.98 Å². The van der Waals surface area contributed by atoms with Gasteiger partial charge in [0.25, 0.3) is 0 Å². The molecule has 0 aliphatic heterocycles. The van der Waals surface area contributed by atoms with Crippen LogP contribution >= 0.6 is 11.8 Å². The number of anilines is 1. The number of ether oxygens (including phenoxy) is 1. The molecule has 1 amide bonds. The quantitative estimate of drug-likeness (QED) is 0.528. The van der Waals surface area contributed by atoms with E-state index >= 15 is 0 Å². The highest BCUT2D eigenvalue weighted by atomic mass is 32.2. The zero-order valence-electron chi connectivity index (χ0n) is 16.8. The molecule has 1 heterocycles. The summed E-state index contributed by atoms with van der Waals surface area (Å²) in [6, 6.07) is 16.0. The number of hydrogen-bond acceptors (Lipinski definition) is 4. The third-order valence-electron chi connectivity index (χ3n) is 4.76. The molecule has 0 aliphatic carbocycles. The first-order chi connectivity index (χ1) is 13.5. The molecule has 146 valence electrons. The van der Waals surface area contributed by atoms with Gasteiger partial charge in [-0.15, -0.1) is 0 Å². The smallest absolute Gasteiger partial charge is 0.237 e. The monoisotopic (exact) mass is 394 g/mol. The van der Waals surface area contributed by atoms with Crippen molar-refractivity contribution in [2.45, 2.75) is 43.9 Å². The van der Waals surface area contributed by atoms with Gasteiger partial charge in [0.2, 0.25) is 5.91 Å². The van der Waals surface area contributed by atoms with Gasteiger partial charge in [0.1, 0.15) is 11.3 Å². The van der Waals surface area contributed by atoms with Gasteiger partial charge in [-0.3, -0.25) is 4.79 Å². The number of aromatic nitrogens is 1. The maximum absolute atomic E-state index is 12.8. The summed E-state index contributed by atoms with van der Waals surface area (Å²) in [5, 5.41) is 4.71. The highest BCUT2D eigenvalue weighted by molar-refractivity contribution is 8.00. The van der Waals surface area contributed by atoms with Crippen LogP contribution in [0, 0.1) is 6.92 Å². The summed E-state index contributed by atoms with van der Waals surface area (Å²) in [5.74, 6) is 0.743. The highest BCUT2D eigenvalue weighted by Crippen LogP contribution is 2.32. The second-order valence-electron chi connectivity index (χ2n) is 6.69. The van der Waals surface area contributed by atoms with E-state index in [0.717, 1.165) is 39.4 Å². The topological polar surface area (TPSA) is 51.2 Å². The highest BCUT2D eigenvalue weighted by Gasteiger charge is 2.20. The summed E-state index contributed by atoms with van der Waals surface area (Å²) in [5.41, 5.74) is 4.03. The van der Waals surface area contributed by atoms with Gasteiger partial charge in [-0.05, 0) is 55.2 Å². The molecule has 0 spiro atoms. The number of carbonyl (C=O) groups excluding carboxylic acids is 1. The second-order valence-corrected chi connectivity index (χ2v) is 7.91. The van der Waals surface area contributed by atoms with E-state index in [0.29, 0.717) is 6.42 Å². The van der Waals surface area contributed by atoms with Gasteiger partial charge < -0.3 is 10.1 Å². The predicted molar refractivity (Wildman–Crippen MR) is 117 cm³/mol. The molecule has 5 heteroatoms. The number of aryl methyl sites for hydroxylation is 2. The number of rotatable bonds is 7. The van der Waals surface area contributed by atoms with Gasteiger partial charge >= 0.3 is 0 Å². The minimum atomic E-state index is -0.218. The van der Waals surface area contributed by atoms with Crippen LogP contribution in [0.2, 0.25) is 0 Å². The number of pyridine rings is 1. The zero-order valence-corrected chi connectivity index (χ0v) is 17.6.